The fourth-order valence-electron chi connectivity index (χ4n) is 3.67. The molecule has 4 aromatic rings. The largest absolute Gasteiger partial charge is 0.445 e. The maximum Gasteiger partial charge on any atom is 0.407 e. The lowest BCUT2D eigenvalue weighted by atomic mass is 10.0. The minimum Gasteiger partial charge on any atom is -0.445 e. The van der Waals surface area contributed by atoms with Gasteiger partial charge in [0.05, 0.1) is 18.2 Å². The number of ether oxygens (including phenoxy) is 1. The zero-order valence-electron chi connectivity index (χ0n) is 19.8. The third-order valence-electron chi connectivity index (χ3n) is 5.48. The van der Waals surface area contributed by atoms with E-state index in [0.717, 1.165) is 11.1 Å². The number of benzene rings is 3. The van der Waals surface area contributed by atoms with Gasteiger partial charge in [-0.25, -0.2) is 9.78 Å². The first kappa shape index (κ1) is 25.6. The molecule has 2 amide bonds. The van der Waals surface area contributed by atoms with E-state index in [1.165, 1.54) is 12.1 Å². The Hall–Kier alpha value is -4.49. The molecule has 1 heterocycles. The van der Waals surface area contributed by atoms with Gasteiger partial charge in [-0.15, -0.1) is 0 Å². The van der Waals surface area contributed by atoms with Crippen molar-refractivity contribution in [3.8, 4) is 0 Å². The highest BCUT2D eigenvalue weighted by Gasteiger charge is 2.22. The molecule has 0 aliphatic rings. The van der Waals surface area contributed by atoms with Crippen LogP contribution >= 0.6 is 11.6 Å². The van der Waals surface area contributed by atoms with Gasteiger partial charge >= 0.3 is 6.09 Å². The third-order valence-corrected chi connectivity index (χ3v) is 5.69. The van der Waals surface area contributed by atoms with Crippen LogP contribution in [0.5, 0.6) is 0 Å². The highest BCUT2D eigenvalue weighted by atomic mass is 35.5. The predicted octanol–water partition coefficient (Wildman–Crippen LogP) is 5.96. The van der Waals surface area contributed by atoms with E-state index in [9.17, 15) is 14.4 Å². The number of rotatable bonds is 9. The summed E-state index contributed by atoms with van der Waals surface area (Å²) in [5.41, 5.74) is 2.24. The number of carbonyl (C=O) groups is 3. The van der Waals surface area contributed by atoms with E-state index >= 15 is 0 Å². The Morgan fingerprint density at radius 3 is 2.11 bits per heavy atom. The number of hydrogen-bond acceptors (Lipinski definition) is 5. The fourth-order valence-corrected chi connectivity index (χ4v) is 3.81. The standard InChI is InChI=1S/C29H24ClN3O4/c30-25-17-16-23(27(33-25)28(35)22-14-8-3-9-15-22)31-26(34)18-24(21-12-6-2-7-13-21)32-29(36)37-19-20-10-4-1-5-11-20/h1-17,24H,18-19H2,(H,31,34)(H,32,36). The van der Waals surface area contributed by atoms with Gasteiger partial charge in [-0.1, -0.05) is 103 Å². The van der Waals surface area contributed by atoms with Crippen molar-refractivity contribution in [3.63, 3.8) is 0 Å². The number of amides is 2. The number of carbonyl (C=O) groups excluding carboxylic acids is 3. The van der Waals surface area contributed by atoms with Crippen molar-refractivity contribution in [1.29, 1.82) is 0 Å². The van der Waals surface area contributed by atoms with Crippen LogP contribution in [-0.4, -0.2) is 22.8 Å². The van der Waals surface area contributed by atoms with Crippen molar-refractivity contribution >= 4 is 35.1 Å². The summed E-state index contributed by atoms with van der Waals surface area (Å²) in [5.74, 6) is -0.802. The van der Waals surface area contributed by atoms with Crippen molar-refractivity contribution in [3.05, 3.63) is 131 Å². The number of ketones is 1. The van der Waals surface area contributed by atoms with Crippen LogP contribution in [0.25, 0.3) is 0 Å². The molecule has 0 radical (unpaired) electrons. The highest BCUT2D eigenvalue weighted by molar-refractivity contribution is 6.30. The van der Waals surface area contributed by atoms with Crippen molar-refractivity contribution in [2.45, 2.75) is 19.1 Å². The zero-order chi connectivity index (χ0) is 26.0. The maximum atomic E-state index is 13.1. The van der Waals surface area contributed by atoms with Gasteiger partial charge < -0.3 is 15.4 Å². The van der Waals surface area contributed by atoms with Crippen LogP contribution in [0.4, 0.5) is 10.5 Å². The van der Waals surface area contributed by atoms with Crippen LogP contribution in [0.3, 0.4) is 0 Å². The molecule has 8 heteroatoms. The quantitative estimate of drug-likeness (QED) is 0.212. The Labute approximate surface area is 219 Å². The van der Waals surface area contributed by atoms with Gasteiger partial charge in [0.25, 0.3) is 0 Å². The van der Waals surface area contributed by atoms with E-state index in [1.807, 2.05) is 60.7 Å². The number of anilines is 1. The lowest BCUT2D eigenvalue weighted by molar-refractivity contribution is -0.116. The van der Waals surface area contributed by atoms with Gasteiger partial charge in [-0.3, -0.25) is 9.59 Å². The first-order valence-electron chi connectivity index (χ1n) is 11.6. The fraction of sp³-hybridized carbons (Fsp3) is 0.103. The monoisotopic (exact) mass is 513 g/mol. The summed E-state index contributed by atoms with van der Waals surface area (Å²) in [6.07, 6.45) is -0.759. The molecule has 4 rings (SSSR count). The van der Waals surface area contributed by atoms with Gasteiger partial charge in [-0.05, 0) is 23.3 Å². The van der Waals surface area contributed by atoms with E-state index in [1.54, 1.807) is 30.3 Å². The Bertz CT molecular complexity index is 1370. The van der Waals surface area contributed by atoms with Crippen molar-refractivity contribution < 1.29 is 19.1 Å². The molecule has 0 bridgehead atoms. The summed E-state index contributed by atoms with van der Waals surface area (Å²) in [7, 11) is 0. The van der Waals surface area contributed by atoms with Crippen LogP contribution in [-0.2, 0) is 16.1 Å². The lowest BCUT2D eigenvalue weighted by Gasteiger charge is -2.19. The van der Waals surface area contributed by atoms with Crippen LogP contribution in [0.2, 0.25) is 5.15 Å². The molecule has 37 heavy (non-hydrogen) atoms. The summed E-state index contributed by atoms with van der Waals surface area (Å²) >= 11 is 6.04. The Morgan fingerprint density at radius 2 is 1.43 bits per heavy atom. The Kier molecular flexibility index (Phi) is 8.62. The number of hydrogen-bond donors (Lipinski definition) is 2. The molecular formula is C29H24ClN3O4. The first-order valence-corrected chi connectivity index (χ1v) is 12.0. The van der Waals surface area contributed by atoms with Gasteiger partial charge in [0.2, 0.25) is 11.7 Å². The molecular weight excluding hydrogens is 490 g/mol. The summed E-state index contributed by atoms with van der Waals surface area (Å²) in [4.78, 5) is 42.8. The number of nitrogens with one attached hydrogen (secondary N) is 2. The van der Waals surface area contributed by atoms with E-state index in [0.29, 0.717) is 5.56 Å². The molecule has 0 aliphatic heterocycles. The second kappa shape index (κ2) is 12.5. The summed E-state index contributed by atoms with van der Waals surface area (Å²) < 4.78 is 5.34. The first-order chi connectivity index (χ1) is 18.0. The third kappa shape index (κ3) is 7.25. The van der Waals surface area contributed by atoms with Crippen LogP contribution in [0.15, 0.2) is 103 Å². The summed E-state index contributed by atoms with van der Waals surface area (Å²) in [6, 6.07) is 29.3. The summed E-state index contributed by atoms with van der Waals surface area (Å²) in [6.45, 7) is 0.0990. The van der Waals surface area contributed by atoms with Crippen molar-refractivity contribution in [2.24, 2.45) is 0 Å². The number of aromatic nitrogens is 1. The smallest absolute Gasteiger partial charge is 0.407 e. The van der Waals surface area contributed by atoms with E-state index in [4.69, 9.17) is 16.3 Å². The molecule has 7 nitrogen and oxygen atoms in total. The Balaban J connectivity index is 1.48. The van der Waals surface area contributed by atoms with E-state index in [2.05, 4.69) is 15.6 Å². The summed E-state index contributed by atoms with van der Waals surface area (Å²) in [5, 5.41) is 5.64. The predicted molar refractivity (Wildman–Crippen MR) is 141 cm³/mol. The number of alkyl carbamates (subject to hydrolysis) is 1. The average Bonchev–Trinajstić information content (AvgIpc) is 2.93. The molecule has 0 fully saturated rings. The van der Waals surface area contributed by atoms with Gasteiger partial charge in [0, 0.05) is 5.56 Å². The SMILES string of the molecule is O=C(CC(NC(=O)OCc1ccccc1)c1ccccc1)Nc1ccc(Cl)nc1C(=O)c1ccccc1. The molecule has 0 saturated heterocycles. The van der Waals surface area contributed by atoms with Crippen molar-refractivity contribution in [1.82, 2.24) is 10.3 Å². The van der Waals surface area contributed by atoms with E-state index in [-0.39, 0.29) is 35.3 Å². The van der Waals surface area contributed by atoms with Crippen LogP contribution < -0.4 is 10.6 Å². The number of halogens is 1. The number of nitrogens with zero attached hydrogens (tertiary/aromatic N) is 1. The molecule has 1 unspecified atom stereocenters. The average molecular weight is 514 g/mol. The van der Waals surface area contributed by atoms with Gasteiger partial charge in [0.1, 0.15) is 17.5 Å². The topological polar surface area (TPSA) is 97.4 Å². The molecule has 0 aliphatic carbocycles. The second-order valence-electron chi connectivity index (χ2n) is 8.15. The molecule has 1 aromatic heterocycles. The Morgan fingerprint density at radius 1 is 0.811 bits per heavy atom. The maximum absolute atomic E-state index is 13.1. The highest BCUT2D eigenvalue weighted by Crippen LogP contribution is 2.23. The minimum atomic E-state index is -0.669. The van der Waals surface area contributed by atoms with E-state index < -0.39 is 18.0 Å². The van der Waals surface area contributed by atoms with Gasteiger partial charge in [-0.2, -0.15) is 0 Å². The van der Waals surface area contributed by atoms with Gasteiger partial charge in [0.15, 0.2) is 0 Å². The molecule has 2 N–H and O–H groups in total. The second-order valence-corrected chi connectivity index (χ2v) is 8.53. The van der Waals surface area contributed by atoms with Crippen LogP contribution in [0, 0.1) is 0 Å². The lowest BCUT2D eigenvalue weighted by Crippen LogP contribution is -2.32. The molecule has 186 valence electrons. The molecule has 0 saturated carbocycles. The molecule has 1 atom stereocenters. The zero-order valence-corrected chi connectivity index (χ0v) is 20.5. The number of pyridine rings is 1. The minimum absolute atomic E-state index is 0.0264. The molecule has 3 aromatic carbocycles. The normalized spacial score (nSPS) is 11.3. The molecule has 0 spiro atoms. The van der Waals surface area contributed by atoms with Crippen LogP contribution in [0.1, 0.15) is 39.6 Å². The van der Waals surface area contributed by atoms with Crippen molar-refractivity contribution in [2.75, 3.05) is 5.32 Å².